The van der Waals surface area contributed by atoms with Crippen LogP contribution in [0, 0.1) is 6.92 Å². The highest BCUT2D eigenvalue weighted by Gasteiger charge is 2.31. The van der Waals surface area contributed by atoms with Gasteiger partial charge in [0.15, 0.2) is 0 Å². The fourth-order valence-corrected chi connectivity index (χ4v) is 2.91. The maximum absolute atomic E-state index is 12.4. The van der Waals surface area contributed by atoms with Gasteiger partial charge in [0.25, 0.3) is 5.56 Å². The largest absolute Gasteiger partial charge is 0.377 e. The van der Waals surface area contributed by atoms with Gasteiger partial charge in [0.05, 0.1) is 43.0 Å². The van der Waals surface area contributed by atoms with Crippen LogP contribution in [-0.2, 0) is 4.74 Å². The molecule has 3 aromatic heterocycles. The zero-order valence-corrected chi connectivity index (χ0v) is 14.2. The predicted molar refractivity (Wildman–Crippen MR) is 95.8 cm³/mol. The second-order valence-electron chi connectivity index (χ2n) is 6.14. The van der Waals surface area contributed by atoms with Gasteiger partial charge in [0.1, 0.15) is 11.9 Å². The second kappa shape index (κ2) is 7.01. The molecule has 0 radical (unpaired) electrons. The van der Waals surface area contributed by atoms with Crippen LogP contribution in [0.4, 0.5) is 5.82 Å². The molecular formula is C18H18N6O2. The molecular weight excluding hydrogens is 332 g/mol. The number of ether oxygens (including phenoxy) is 1. The van der Waals surface area contributed by atoms with Gasteiger partial charge in [-0.05, 0) is 25.1 Å². The van der Waals surface area contributed by atoms with Crippen molar-refractivity contribution in [1.29, 1.82) is 0 Å². The van der Waals surface area contributed by atoms with Crippen LogP contribution in [-0.4, -0.2) is 44.0 Å². The van der Waals surface area contributed by atoms with E-state index in [0.29, 0.717) is 24.7 Å². The van der Waals surface area contributed by atoms with Gasteiger partial charge in [-0.25, -0.2) is 9.67 Å². The molecule has 1 aliphatic rings. The lowest BCUT2D eigenvalue weighted by Gasteiger charge is -2.21. The van der Waals surface area contributed by atoms with E-state index in [0.717, 1.165) is 11.3 Å². The van der Waals surface area contributed by atoms with Gasteiger partial charge >= 0.3 is 0 Å². The topological polar surface area (TPSA) is 94.8 Å². The molecule has 4 rings (SSSR count). The first-order valence-electron chi connectivity index (χ1n) is 8.34. The number of aromatic nitrogens is 5. The van der Waals surface area contributed by atoms with Crippen LogP contribution < -0.4 is 10.9 Å². The highest BCUT2D eigenvalue weighted by Crippen LogP contribution is 2.22. The molecule has 132 valence electrons. The third-order valence-electron chi connectivity index (χ3n) is 4.26. The maximum Gasteiger partial charge on any atom is 0.267 e. The normalized spacial score (nSPS) is 19.4. The Morgan fingerprint density at radius 3 is 2.85 bits per heavy atom. The van der Waals surface area contributed by atoms with Crippen molar-refractivity contribution in [2.24, 2.45) is 0 Å². The summed E-state index contributed by atoms with van der Waals surface area (Å²) in [6.07, 6.45) is 6.79. The standard InChI is InChI=1S/C18H18N6O2/c1-12-7-21-17(9-20-12)22-15-10-26-11-16(15)24-18(25)5-4-14(23-24)13-3-2-6-19-8-13/h2-9,15-16H,10-11H2,1H3,(H,21,22). The number of nitrogens with one attached hydrogen (secondary N) is 1. The molecule has 4 heterocycles. The molecule has 0 spiro atoms. The van der Waals surface area contributed by atoms with Crippen molar-refractivity contribution >= 4 is 5.82 Å². The number of pyridine rings is 1. The maximum atomic E-state index is 12.4. The number of anilines is 1. The van der Waals surface area contributed by atoms with E-state index >= 15 is 0 Å². The lowest BCUT2D eigenvalue weighted by atomic mass is 10.1. The summed E-state index contributed by atoms with van der Waals surface area (Å²) in [6, 6.07) is 6.62. The Bertz CT molecular complexity index is 942. The fourth-order valence-electron chi connectivity index (χ4n) is 2.91. The van der Waals surface area contributed by atoms with E-state index in [1.54, 1.807) is 30.9 Å². The average molecular weight is 350 g/mol. The highest BCUT2D eigenvalue weighted by molar-refractivity contribution is 5.56. The molecule has 8 heteroatoms. The predicted octanol–water partition coefficient (Wildman–Crippen LogP) is 1.46. The molecule has 2 atom stereocenters. The summed E-state index contributed by atoms with van der Waals surface area (Å²) in [5.74, 6) is 0.646. The van der Waals surface area contributed by atoms with Crippen LogP contribution in [0.1, 0.15) is 11.7 Å². The number of rotatable bonds is 4. The molecule has 8 nitrogen and oxygen atoms in total. The zero-order valence-electron chi connectivity index (χ0n) is 14.2. The zero-order chi connectivity index (χ0) is 17.9. The number of hydrogen-bond acceptors (Lipinski definition) is 7. The third-order valence-corrected chi connectivity index (χ3v) is 4.26. The van der Waals surface area contributed by atoms with Crippen molar-refractivity contribution in [1.82, 2.24) is 24.7 Å². The van der Waals surface area contributed by atoms with E-state index in [1.807, 2.05) is 19.1 Å². The van der Waals surface area contributed by atoms with Crippen molar-refractivity contribution in [2.45, 2.75) is 19.0 Å². The molecule has 0 aromatic carbocycles. The molecule has 0 saturated carbocycles. The number of aryl methyl sites for hydroxylation is 1. The van der Waals surface area contributed by atoms with Crippen molar-refractivity contribution in [3.63, 3.8) is 0 Å². The minimum Gasteiger partial charge on any atom is -0.377 e. The van der Waals surface area contributed by atoms with E-state index in [-0.39, 0.29) is 17.6 Å². The van der Waals surface area contributed by atoms with Crippen LogP contribution in [0.2, 0.25) is 0 Å². The van der Waals surface area contributed by atoms with Gasteiger partial charge in [-0.15, -0.1) is 0 Å². The van der Waals surface area contributed by atoms with E-state index in [4.69, 9.17) is 4.74 Å². The molecule has 1 aliphatic heterocycles. The van der Waals surface area contributed by atoms with Gasteiger partial charge in [0, 0.05) is 24.0 Å². The smallest absolute Gasteiger partial charge is 0.267 e. The van der Waals surface area contributed by atoms with Gasteiger partial charge in [-0.2, -0.15) is 5.10 Å². The quantitative estimate of drug-likeness (QED) is 0.761. The SMILES string of the molecule is Cc1cnc(NC2COCC2n2nc(-c3cccnc3)ccc2=O)cn1. The highest BCUT2D eigenvalue weighted by atomic mass is 16.5. The molecule has 0 aliphatic carbocycles. The Labute approximate surface area is 149 Å². The van der Waals surface area contributed by atoms with Gasteiger partial charge < -0.3 is 10.1 Å². The second-order valence-corrected chi connectivity index (χ2v) is 6.14. The minimum atomic E-state index is -0.234. The summed E-state index contributed by atoms with van der Waals surface area (Å²) in [4.78, 5) is 25.1. The molecule has 0 amide bonds. The monoisotopic (exact) mass is 350 g/mol. The van der Waals surface area contributed by atoms with E-state index < -0.39 is 0 Å². The summed E-state index contributed by atoms with van der Waals surface area (Å²) in [5, 5.41) is 7.83. The molecule has 1 N–H and O–H groups in total. The van der Waals surface area contributed by atoms with Crippen molar-refractivity contribution in [3.05, 3.63) is 65.1 Å². The lowest BCUT2D eigenvalue weighted by Crippen LogP contribution is -2.37. The first-order chi connectivity index (χ1) is 12.7. The molecule has 1 fully saturated rings. The van der Waals surface area contributed by atoms with E-state index in [1.165, 1.54) is 10.7 Å². The fraction of sp³-hybridized carbons (Fsp3) is 0.278. The molecule has 26 heavy (non-hydrogen) atoms. The van der Waals surface area contributed by atoms with Gasteiger partial charge in [-0.1, -0.05) is 0 Å². The first-order valence-corrected chi connectivity index (χ1v) is 8.34. The van der Waals surface area contributed by atoms with Gasteiger partial charge in [0.2, 0.25) is 0 Å². The summed E-state index contributed by atoms with van der Waals surface area (Å²) < 4.78 is 7.08. The van der Waals surface area contributed by atoms with Crippen LogP contribution in [0.5, 0.6) is 0 Å². The van der Waals surface area contributed by atoms with Crippen LogP contribution in [0.25, 0.3) is 11.3 Å². The van der Waals surface area contributed by atoms with Crippen LogP contribution in [0.15, 0.2) is 53.8 Å². The summed E-state index contributed by atoms with van der Waals surface area (Å²) in [6.45, 7) is 2.75. The minimum absolute atomic E-state index is 0.124. The van der Waals surface area contributed by atoms with Gasteiger partial charge in [-0.3, -0.25) is 14.8 Å². The number of hydrogen-bond donors (Lipinski definition) is 1. The summed E-state index contributed by atoms with van der Waals surface area (Å²) >= 11 is 0. The lowest BCUT2D eigenvalue weighted by molar-refractivity contribution is 0.183. The molecule has 1 saturated heterocycles. The van der Waals surface area contributed by atoms with Crippen molar-refractivity contribution in [3.8, 4) is 11.3 Å². The molecule has 3 aromatic rings. The molecule has 0 bridgehead atoms. The van der Waals surface area contributed by atoms with E-state index in [2.05, 4.69) is 25.4 Å². The Balaban J connectivity index is 1.63. The van der Waals surface area contributed by atoms with Crippen LogP contribution in [0.3, 0.4) is 0 Å². The summed E-state index contributed by atoms with van der Waals surface area (Å²) in [5.41, 5.74) is 2.22. The number of nitrogens with zero attached hydrogens (tertiary/aromatic N) is 5. The van der Waals surface area contributed by atoms with Crippen molar-refractivity contribution < 1.29 is 4.74 Å². The average Bonchev–Trinajstić information content (AvgIpc) is 3.13. The third kappa shape index (κ3) is 3.31. The first kappa shape index (κ1) is 16.3. The molecule has 2 unspecified atom stereocenters. The van der Waals surface area contributed by atoms with Crippen molar-refractivity contribution in [2.75, 3.05) is 18.5 Å². The Kier molecular flexibility index (Phi) is 4.40. The summed E-state index contributed by atoms with van der Waals surface area (Å²) in [7, 11) is 0. The Hall–Kier alpha value is -3.13. The Morgan fingerprint density at radius 2 is 2.08 bits per heavy atom. The van der Waals surface area contributed by atoms with E-state index in [9.17, 15) is 4.79 Å². The van der Waals surface area contributed by atoms with Crippen LogP contribution >= 0.6 is 0 Å². The Morgan fingerprint density at radius 1 is 1.15 bits per heavy atom.